The third kappa shape index (κ3) is 2.93. The van der Waals surface area contributed by atoms with Crippen LogP contribution in [-0.4, -0.2) is 42.7 Å². The topological polar surface area (TPSA) is 92.4 Å². The third-order valence-corrected chi connectivity index (χ3v) is 3.21. The van der Waals surface area contributed by atoms with Gasteiger partial charge < -0.3 is 10.4 Å². The molecular formula is C13H19N5O2. The van der Waals surface area contributed by atoms with Crippen LogP contribution in [0.3, 0.4) is 0 Å². The van der Waals surface area contributed by atoms with E-state index in [0.29, 0.717) is 12.2 Å². The summed E-state index contributed by atoms with van der Waals surface area (Å²) in [5.74, 6) is 0.0364. The predicted octanol–water partition coefficient (Wildman–Crippen LogP) is 0.632. The van der Waals surface area contributed by atoms with Crippen LogP contribution in [0, 0.1) is 13.8 Å². The molecule has 2 N–H and O–H groups in total. The van der Waals surface area contributed by atoms with Crippen LogP contribution in [0.1, 0.15) is 42.3 Å². The Balaban J connectivity index is 2.21. The highest BCUT2D eigenvalue weighted by molar-refractivity contribution is 5.90. The number of nitrogens with zero attached hydrogens (tertiary/aromatic N) is 4. The number of aliphatic hydroxyl groups is 1. The molecule has 108 valence electrons. The zero-order valence-electron chi connectivity index (χ0n) is 12.1. The summed E-state index contributed by atoms with van der Waals surface area (Å²) in [5.41, 5.74) is 0.752. The Labute approximate surface area is 117 Å². The number of amides is 1. The summed E-state index contributed by atoms with van der Waals surface area (Å²) < 4.78 is 1.53. The van der Waals surface area contributed by atoms with Gasteiger partial charge in [0.25, 0.3) is 11.7 Å². The Bertz CT molecular complexity index is 647. The SMILES string of the molecule is CCC(C)(O)CNC(=O)c1nc2nc(C)cc(C)n2n1. The van der Waals surface area contributed by atoms with Gasteiger partial charge in [0, 0.05) is 17.9 Å². The van der Waals surface area contributed by atoms with E-state index < -0.39 is 11.5 Å². The average molecular weight is 277 g/mol. The fourth-order valence-corrected chi connectivity index (χ4v) is 1.74. The molecule has 2 heterocycles. The molecule has 7 heteroatoms. The smallest absolute Gasteiger partial charge is 0.291 e. The third-order valence-electron chi connectivity index (χ3n) is 3.21. The molecule has 0 spiro atoms. The molecule has 0 aliphatic rings. The van der Waals surface area contributed by atoms with Crippen LogP contribution >= 0.6 is 0 Å². The van der Waals surface area contributed by atoms with Gasteiger partial charge in [-0.2, -0.15) is 4.98 Å². The van der Waals surface area contributed by atoms with Crippen LogP contribution in [-0.2, 0) is 0 Å². The molecular weight excluding hydrogens is 258 g/mol. The van der Waals surface area contributed by atoms with Crippen LogP contribution in [0.2, 0.25) is 0 Å². The maximum atomic E-state index is 12.0. The minimum atomic E-state index is -0.931. The summed E-state index contributed by atoms with van der Waals surface area (Å²) in [6.07, 6.45) is 0.547. The average Bonchev–Trinajstić information content (AvgIpc) is 2.80. The molecule has 1 unspecified atom stereocenters. The molecule has 2 aromatic rings. The highest BCUT2D eigenvalue weighted by Crippen LogP contribution is 2.08. The molecule has 7 nitrogen and oxygen atoms in total. The van der Waals surface area contributed by atoms with Gasteiger partial charge in [-0.3, -0.25) is 4.79 Å². The minimum Gasteiger partial charge on any atom is -0.388 e. The zero-order chi connectivity index (χ0) is 14.9. The van der Waals surface area contributed by atoms with Gasteiger partial charge >= 0.3 is 0 Å². The lowest BCUT2D eigenvalue weighted by molar-refractivity contribution is 0.0515. The summed E-state index contributed by atoms with van der Waals surface area (Å²) >= 11 is 0. The van der Waals surface area contributed by atoms with E-state index in [9.17, 15) is 9.90 Å². The molecule has 0 aliphatic heterocycles. The second-order valence-electron chi connectivity index (χ2n) is 5.22. The zero-order valence-corrected chi connectivity index (χ0v) is 12.1. The number of hydrogen-bond donors (Lipinski definition) is 2. The molecule has 1 atom stereocenters. The predicted molar refractivity (Wildman–Crippen MR) is 73.5 cm³/mol. The Morgan fingerprint density at radius 2 is 2.15 bits per heavy atom. The number of aromatic nitrogens is 4. The Hall–Kier alpha value is -2.02. The maximum Gasteiger partial charge on any atom is 0.291 e. The number of carbonyl (C=O) groups excluding carboxylic acids is 1. The van der Waals surface area contributed by atoms with Crippen molar-refractivity contribution < 1.29 is 9.90 Å². The van der Waals surface area contributed by atoms with Crippen LogP contribution in [0.15, 0.2) is 6.07 Å². The monoisotopic (exact) mass is 277 g/mol. The van der Waals surface area contributed by atoms with Crippen molar-refractivity contribution in [2.45, 2.75) is 39.7 Å². The van der Waals surface area contributed by atoms with E-state index in [1.165, 1.54) is 4.52 Å². The molecule has 0 saturated heterocycles. The second kappa shape index (κ2) is 5.16. The largest absolute Gasteiger partial charge is 0.388 e. The van der Waals surface area contributed by atoms with Gasteiger partial charge in [-0.15, -0.1) is 5.10 Å². The van der Waals surface area contributed by atoms with E-state index in [0.717, 1.165) is 11.4 Å². The number of hydrogen-bond acceptors (Lipinski definition) is 5. The summed E-state index contributed by atoms with van der Waals surface area (Å²) in [5, 5.41) is 16.6. The second-order valence-corrected chi connectivity index (χ2v) is 5.22. The van der Waals surface area contributed by atoms with Crippen molar-refractivity contribution in [3.63, 3.8) is 0 Å². The summed E-state index contributed by atoms with van der Waals surface area (Å²) in [6.45, 7) is 7.41. The molecule has 0 fully saturated rings. The highest BCUT2D eigenvalue weighted by Gasteiger charge is 2.21. The molecule has 0 bridgehead atoms. The van der Waals surface area contributed by atoms with Gasteiger partial charge in [-0.1, -0.05) is 6.92 Å². The van der Waals surface area contributed by atoms with Gasteiger partial charge in [0.2, 0.25) is 5.82 Å². The first-order valence-corrected chi connectivity index (χ1v) is 6.54. The molecule has 0 radical (unpaired) electrons. The van der Waals surface area contributed by atoms with Crippen molar-refractivity contribution in [1.82, 2.24) is 24.9 Å². The van der Waals surface area contributed by atoms with E-state index >= 15 is 0 Å². The van der Waals surface area contributed by atoms with E-state index in [1.807, 2.05) is 26.8 Å². The number of rotatable bonds is 4. The van der Waals surface area contributed by atoms with Crippen molar-refractivity contribution in [2.75, 3.05) is 6.54 Å². The van der Waals surface area contributed by atoms with Crippen molar-refractivity contribution in [1.29, 1.82) is 0 Å². The van der Waals surface area contributed by atoms with E-state index in [1.54, 1.807) is 6.92 Å². The van der Waals surface area contributed by atoms with Crippen molar-refractivity contribution in [2.24, 2.45) is 0 Å². The lowest BCUT2D eigenvalue weighted by atomic mass is 10.0. The first-order valence-electron chi connectivity index (χ1n) is 6.54. The van der Waals surface area contributed by atoms with Crippen LogP contribution in [0.5, 0.6) is 0 Å². The summed E-state index contributed by atoms with van der Waals surface area (Å²) in [6, 6.07) is 1.87. The van der Waals surface area contributed by atoms with E-state index in [2.05, 4.69) is 20.4 Å². The van der Waals surface area contributed by atoms with Gasteiger partial charge in [0.1, 0.15) is 0 Å². The number of aryl methyl sites for hydroxylation is 2. The van der Waals surface area contributed by atoms with Crippen LogP contribution in [0.4, 0.5) is 0 Å². The first-order chi connectivity index (χ1) is 9.32. The van der Waals surface area contributed by atoms with Crippen LogP contribution in [0.25, 0.3) is 5.78 Å². The fraction of sp³-hybridized carbons (Fsp3) is 0.538. The van der Waals surface area contributed by atoms with Gasteiger partial charge in [0.15, 0.2) is 0 Å². The van der Waals surface area contributed by atoms with Crippen LogP contribution < -0.4 is 5.32 Å². The summed E-state index contributed by atoms with van der Waals surface area (Å²) in [4.78, 5) is 20.3. The van der Waals surface area contributed by atoms with E-state index in [4.69, 9.17) is 0 Å². The maximum absolute atomic E-state index is 12.0. The molecule has 20 heavy (non-hydrogen) atoms. The number of fused-ring (bicyclic) bond motifs is 1. The molecule has 0 aliphatic carbocycles. The highest BCUT2D eigenvalue weighted by atomic mass is 16.3. The van der Waals surface area contributed by atoms with Crippen molar-refractivity contribution >= 4 is 11.7 Å². The minimum absolute atomic E-state index is 0.0538. The van der Waals surface area contributed by atoms with E-state index in [-0.39, 0.29) is 12.4 Å². The van der Waals surface area contributed by atoms with Crippen molar-refractivity contribution in [3.05, 3.63) is 23.3 Å². The Kier molecular flexibility index (Phi) is 3.71. The number of nitrogens with one attached hydrogen (secondary N) is 1. The van der Waals surface area contributed by atoms with Crippen molar-refractivity contribution in [3.8, 4) is 0 Å². The Morgan fingerprint density at radius 3 is 2.80 bits per heavy atom. The first kappa shape index (κ1) is 14.4. The molecule has 1 amide bonds. The number of carbonyl (C=O) groups is 1. The quantitative estimate of drug-likeness (QED) is 0.855. The molecule has 0 saturated carbocycles. The molecule has 2 aromatic heterocycles. The summed E-state index contributed by atoms with van der Waals surface area (Å²) in [7, 11) is 0. The van der Waals surface area contributed by atoms with Gasteiger partial charge in [-0.05, 0) is 33.3 Å². The fourth-order valence-electron chi connectivity index (χ4n) is 1.74. The Morgan fingerprint density at radius 1 is 1.45 bits per heavy atom. The lowest BCUT2D eigenvalue weighted by Gasteiger charge is -2.20. The lowest BCUT2D eigenvalue weighted by Crippen LogP contribution is -2.40. The standard InChI is InChI=1S/C13H19N5O2/c1-5-13(4,20)7-14-11(19)10-16-12-15-8(2)6-9(3)18(12)17-10/h6,20H,5,7H2,1-4H3,(H,14,19). The normalized spacial score (nSPS) is 14.2. The molecule has 2 rings (SSSR count). The van der Waals surface area contributed by atoms with Gasteiger partial charge in [0.05, 0.1) is 5.60 Å². The molecule has 0 aromatic carbocycles. The van der Waals surface area contributed by atoms with Gasteiger partial charge in [-0.25, -0.2) is 9.50 Å².